The third-order valence-electron chi connectivity index (χ3n) is 3.22. The van der Waals surface area contributed by atoms with Crippen LogP contribution in [-0.2, 0) is 4.79 Å². The van der Waals surface area contributed by atoms with Crippen LogP contribution in [0.2, 0.25) is 0 Å². The van der Waals surface area contributed by atoms with Gasteiger partial charge in [0.05, 0.1) is 0 Å². The van der Waals surface area contributed by atoms with Crippen LogP contribution in [0.5, 0.6) is 0 Å². The fourth-order valence-electron chi connectivity index (χ4n) is 2.26. The predicted octanol–water partition coefficient (Wildman–Crippen LogP) is 0.104. The largest absolute Gasteiger partial charge is 0.480 e. The SMILES string of the molecule is C#CCC(NC(=O)N1CCCC(CNC)C1)C(=O)O. The van der Waals surface area contributed by atoms with Gasteiger partial charge in [-0.2, -0.15) is 0 Å². The third kappa shape index (κ3) is 4.79. The van der Waals surface area contributed by atoms with Gasteiger partial charge in [0.25, 0.3) is 0 Å². The van der Waals surface area contributed by atoms with Gasteiger partial charge in [-0.1, -0.05) is 0 Å². The normalized spacial score (nSPS) is 20.4. The van der Waals surface area contributed by atoms with Crippen LogP contribution in [0, 0.1) is 18.3 Å². The number of carbonyl (C=O) groups is 2. The number of carboxylic acid groups (broad SMARTS) is 1. The van der Waals surface area contributed by atoms with Gasteiger partial charge in [-0.15, -0.1) is 12.3 Å². The molecule has 0 saturated carbocycles. The van der Waals surface area contributed by atoms with Gasteiger partial charge in [0, 0.05) is 19.5 Å². The smallest absolute Gasteiger partial charge is 0.327 e. The van der Waals surface area contributed by atoms with Crippen LogP contribution in [0.4, 0.5) is 4.79 Å². The van der Waals surface area contributed by atoms with Gasteiger partial charge in [-0.25, -0.2) is 9.59 Å². The molecule has 2 amide bonds. The monoisotopic (exact) mass is 267 g/mol. The standard InChI is InChI=1S/C13H21N3O3/c1-3-5-11(12(17)18)15-13(19)16-7-4-6-10(9-16)8-14-2/h1,10-11,14H,4-9H2,2H3,(H,15,19)(H,17,18). The molecule has 0 bridgehead atoms. The van der Waals surface area contributed by atoms with E-state index in [-0.39, 0.29) is 12.5 Å². The van der Waals surface area contributed by atoms with E-state index in [4.69, 9.17) is 11.5 Å². The molecule has 19 heavy (non-hydrogen) atoms. The van der Waals surface area contributed by atoms with Gasteiger partial charge >= 0.3 is 12.0 Å². The Morgan fingerprint density at radius 2 is 2.32 bits per heavy atom. The Labute approximate surface area is 113 Å². The highest BCUT2D eigenvalue weighted by Gasteiger charge is 2.26. The fraction of sp³-hybridized carbons (Fsp3) is 0.692. The zero-order chi connectivity index (χ0) is 14.3. The molecule has 6 heteroatoms. The van der Waals surface area contributed by atoms with E-state index in [9.17, 15) is 9.59 Å². The lowest BCUT2D eigenvalue weighted by Gasteiger charge is -2.33. The van der Waals surface area contributed by atoms with Crippen molar-refractivity contribution in [3.05, 3.63) is 0 Å². The average molecular weight is 267 g/mol. The molecule has 1 aliphatic rings. The van der Waals surface area contributed by atoms with E-state index in [1.165, 1.54) is 0 Å². The van der Waals surface area contributed by atoms with Crippen molar-refractivity contribution in [3.8, 4) is 12.3 Å². The lowest BCUT2D eigenvalue weighted by atomic mass is 9.98. The topological polar surface area (TPSA) is 81.7 Å². The molecule has 0 aliphatic carbocycles. The number of carbonyl (C=O) groups excluding carboxylic acids is 1. The van der Waals surface area contributed by atoms with Crippen LogP contribution in [0.1, 0.15) is 19.3 Å². The summed E-state index contributed by atoms with van der Waals surface area (Å²) in [5.74, 6) is 1.58. The molecule has 1 fully saturated rings. The highest BCUT2D eigenvalue weighted by atomic mass is 16.4. The van der Waals surface area contributed by atoms with E-state index in [0.717, 1.165) is 19.4 Å². The molecule has 1 aliphatic heterocycles. The van der Waals surface area contributed by atoms with Crippen molar-refractivity contribution in [2.45, 2.75) is 25.3 Å². The number of nitrogens with zero attached hydrogens (tertiary/aromatic N) is 1. The second kappa shape index (κ2) is 7.64. The first-order chi connectivity index (χ1) is 9.08. The van der Waals surface area contributed by atoms with Gasteiger partial charge in [-0.05, 0) is 32.4 Å². The number of aliphatic carboxylic acids is 1. The zero-order valence-electron chi connectivity index (χ0n) is 11.2. The van der Waals surface area contributed by atoms with Gasteiger partial charge in [-0.3, -0.25) is 0 Å². The summed E-state index contributed by atoms with van der Waals surface area (Å²) in [4.78, 5) is 24.6. The number of piperidine rings is 1. The molecule has 1 heterocycles. The minimum Gasteiger partial charge on any atom is -0.480 e. The Morgan fingerprint density at radius 1 is 1.58 bits per heavy atom. The maximum absolute atomic E-state index is 12.0. The van der Waals surface area contributed by atoms with E-state index in [1.54, 1.807) is 4.90 Å². The number of urea groups is 1. The average Bonchev–Trinajstić information content (AvgIpc) is 2.38. The lowest BCUT2D eigenvalue weighted by molar-refractivity contribution is -0.139. The fourth-order valence-corrected chi connectivity index (χ4v) is 2.26. The Hall–Kier alpha value is -1.74. The van der Waals surface area contributed by atoms with Crippen LogP contribution in [0.3, 0.4) is 0 Å². The lowest BCUT2D eigenvalue weighted by Crippen LogP contribution is -2.51. The highest BCUT2D eigenvalue weighted by molar-refractivity contribution is 5.82. The summed E-state index contributed by atoms with van der Waals surface area (Å²) in [6.45, 7) is 2.17. The van der Waals surface area contributed by atoms with Crippen molar-refractivity contribution < 1.29 is 14.7 Å². The van der Waals surface area contributed by atoms with Gasteiger partial charge in [0.15, 0.2) is 0 Å². The Bertz CT molecular complexity index is 363. The predicted molar refractivity (Wildman–Crippen MR) is 71.6 cm³/mol. The molecule has 6 nitrogen and oxygen atoms in total. The van der Waals surface area contributed by atoms with E-state index in [1.807, 2.05) is 7.05 Å². The number of terminal acetylenes is 1. The number of amides is 2. The maximum atomic E-state index is 12.0. The Balaban J connectivity index is 2.52. The van der Waals surface area contributed by atoms with Gasteiger partial charge in [0.1, 0.15) is 6.04 Å². The van der Waals surface area contributed by atoms with Crippen molar-refractivity contribution in [1.29, 1.82) is 0 Å². The zero-order valence-corrected chi connectivity index (χ0v) is 11.2. The van der Waals surface area contributed by atoms with Crippen LogP contribution in [-0.4, -0.2) is 54.7 Å². The summed E-state index contributed by atoms with van der Waals surface area (Å²) in [5, 5.41) is 14.5. The first-order valence-electron chi connectivity index (χ1n) is 6.44. The molecule has 106 valence electrons. The summed E-state index contributed by atoms with van der Waals surface area (Å²) in [7, 11) is 1.88. The number of rotatable bonds is 5. The molecule has 1 rings (SSSR count). The van der Waals surface area contributed by atoms with Crippen LogP contribution >= 0.6 is 0 Å². The second-order valence-electron chi connectivity index (χ2n) is 4.76. The van der Waals surface area contributed by atoms with E-state index in [0.29, 0.717) is 19.0 Å². The first-order valence-corrected chi connectivity index (χ1v) is 6.44. The minimum absolute atomic E-state index is 0.00510. The summed E-state index contributed by atoms with van der Waals surface area (Å²) >= 11 is 0. The molecule has 0 radical (unpaired) electrons. The van der Waals surface area contributed by atoms with Crippen molar-refractivity contribution in [2.75, 3.05) is 26.7 Å². The van der Waals surface area contributed by atoms with Crippen molar-refractivity contribution in [2.24, 2.45) is 5.92 Å². The van der Waals surface area contributed by atoms with Crippen LogP contribution in [0.15, 0.2) is 0 Å². The van der Waals surface area contributed by atoms with Gasteiger partial charge in [0.2, 0.25) is 0 Å². The third-order valence-corrected chi connectivity index (χ3v) is 3.22. The van der Waals surface area contributed by atoms with Crippen LogP contribution < -0.4 is 10.6 Å². The molecular formula is C13H21N3O3. The van der Waals surface area contributed by atoms with Crippen molar-refractivity contribution in [1.82, 2.24) is 15.5 Å². The first kappa shape index (κ1) is 15.3. The second-order valence-corrected chi connectivity index (χ2v) is 4.76. The molecule has 0 aromatic rings. The molecular weight excluding hydrogens is 246 g/mol. The van der Waals surface area contributed by atoms with E-state index in [2.05, 4.69) is 16.6 Å². The molecule has 0 aromatic carbocycles. The summed E-state index contributed by atoms with van der Waals surface area (Å²) < 4.78 is 0. The number of nitrogens with one attached hydrogen (secondary N) is 2. The molecule has 0 aromatic heterocycles. The van der Waals surface area contributed by atoms with Gasteiger partial charge < -0.3 is 20.6 Å². The van der Waals surface area contributed by atoms with Crippen molar-refractivity contribution >= 4 is 12.0 Å². The number of carboxylic acids is 1. The number of hydrogen-bond acceptors (Lipinski definition) is 3. The number of hydrogen-bond donors (Lipinski definition) is 3. The quantitative estimate of drug-likeness (QED) is 0.617. The minimum atomic E-state index is -1.10. The Kier molecular flexibility index (Phi) is 6.16. The molecule has 3 N–H and O–H groups in total. The summed E-state index contributed by atoms with van der Waals surface area (Å²) in [6.07, 6.45) is 7.11. The molecule has 1 saturated heterocycles. The molecule has 2 unspecified atom stereocenters. The van der Waals surface area contributed by atoms with Crippen molar-refractivity contribution in [3.63, 3.8) is 0 Å². The Morgan fingerprint density at radius 3 is 2.89 bits per heavy atom. The van der Waals surface area contributed by atoms with E-state index < -0.39 is 12.0 Å². The van der Waals surface area contributed by atoms with E-state index >= 15 is 0 Å². The maximum Gasteiger partial charge on any atom is 0.327 e. The summed E-state index contributed by atoms with van der Waals surface area (Å²) in [6, 6.07) is -1.36. The number of likely N-dealkylation sites (tertiary alicyclic amines) is 1. The highest BCUT2D eigenvalue weighted by Crippen LogP contribution is 2.15. The van der Waals surface area contributed by atoms with Crippen LogP contribution in [0.25, 0.3) is 0 Å². The molecule has 0 spiro atoms. The molecule has 2 atom stereocenters. The summed E-state index contributed by atoms with van der Waals surface area (Å²) in [5.41, 5.74) is 0.